The number of nitriles is 1. The van der Waals surface area contributed by atoms with Gasteiger partial charge in [-0.15, -0.1) is 0 Å². The van der Waals surface area contributed by atoms with Crippen LogP contribution in [0.2, 0.25) is 5.02 Å². The molecule has 0 aliphatic carbocycles. The molecule has 5 rings (SSSR count). The molecule has 0 saturated carbocycles. The van der Waals surface area contributed by atoms with Crippen molar-refractivity contribution < 1.29 is 4.79 Å². The zero-order valence-electron chi connectivity index (χ0n) is 19.2. The van der Waals surface area contributed by atoms with Gasteiger partial charge in [0.1, 0.15) is 0 Å². The summed E-state index contributed by atoms with van der Waals surface area (Å²) in [6.45, 7) is 5.63. The van der Waals surface area contributed by atoms with Gasteiger partial charge >= 0.3 is 6.03 Å². The molecule has 3 aromatic rings. The van der Waals surface area contributed by atoms with Gasteiger partial charge in [-0.25, -0.2) is 4.79 Å². The van der Waals surface area contributed by atoms with Gasteiger partial charge < -0.3 is 5.32 Å². The summed E-state index contributed by atoms with van der Waals surface area (Å²) < 4.78 is 0. The third kappa shape index (κ3) is 4.40. The quantitative estimate of drug-likeness (QED) is 0.502. The van der Waals surface area contributed by atoms with Crippen LogP contribution in [0, 0.1) is 18.3 Å². The minimum atomic E-state index is -0.107. The number of hydrogen-bond acceptors (Lipinski definition) is 3. The van der Waals surface area contributed by atoms with Crippen molar-refractivity contribution in [2.45, 2.75) is 31.7 Å². The molecule has 0 radical (unpaired) electrons. The van der Waals surface area contributed by atoms with E-state index in [1.54, 1.807) is 12.1 Å². The first-order valence-electron chi connectivity index (χ1n) is 11.6. The van der Waals surface area contributed by atoms with Crippen molar-refractivity contribution in [1.82, 2.24) is 4.90 Å². The minimum absolute atomic E-state index is 0.0279. The number of halogens is 1. The molecule has 172 valence electrons. The first kappa shape index (κ1) is 22.5. The average Bonchev–Trinajstić information content (AvgIpc) is 3.16. The van der Waals surface area contributed by atoms with Gasteiger partial charge in [0.25, 0.3) is 0 Å². The number of likely N-dealkylation sites (tertiary alicyclic amines) is 1. The van der Waals surface area contributed by atoms with Gasteiger partial charge in [0.2, 0.25) is 0 Å². The van der Waals surface area contributed by atoms with Gasteiger partial charge in [0.05, 0.1) is 11.6 Å². The SMILES string of the molecule is Cc1ccc2c(c1)C1(CCN(Cc3ccc(C#N)cc3)CC1)CN2C(=O)Nc1ccc(Cl)cc1. The van der Waals surface area contributed by atoms with E-state index in [2.05, 4.69) is 41.4 Å². The molecule has 6 heteroatoms. The fraction of sp³-hybridized carbons (Fsp3) is 0.286. The molecule has 2 aliphatic heterocycles. The van der Waals surface area contributed by atoms with Crippen molar-refractivity contribution in [2.75, 3.05) is 29.9 Å². The van der Waals surface area contributed by atoms with Crippen molar-refractivity contribution in [2.24, 2.45) is 0 Å². The van der Waals surface area contributed by atoms with Crippen LogP contribution in [-0.2, 0) is 12.0 Å². The summed E-state index contributed by atoms with van der Waals surface area (Å²) in [4.78, 5) is 17.7. The number of urea groups is 1. The first-order chi connectivity index (χ1) is 16.5. The summed E-state index contributed by atoms with van der Waals surface area (Å²) in [5.41, 5.74) is 6.14. The maximum atomic E-state index is 13.3. The van der Waals surface area contributed by atoms with Crippen LogP contribution < -0.4 is 10.2 Å². The number of nitrogens with one attached hydrogen (secondary N) is 1. The maximum absolute atomic E-state index is 13.3. The fourth-order valence-corrected chi connectivity index (χ4v) is 5.32. The molecule has 1 spiro atoms. The van der Waals surface area contributed by atoms with Crippen LogP contribution in [0.5, 0.6) is 0 Å². The highest BCUT2D eigenvalue weighted by atomic mass is 35.5. The third-order valence-electron chi connectivity index (χ3n) is 7.12. The Bertz CT molecular complexity index is 1240. The van der Waals surface area contributed by atoms with Crippen molar-refractivity contribution in [1.29, 1.82) is 5.26 Å². The van der Waals surface area contributed by atoms with E-state index in [0.29, 0.717) is 17.1 Å². The molecule has 2 amide bonds. The Morgan fingerprint density at radius 2 is 1.76 bits per heavy atom. The number of rotatable bonds is 3. The molecule has 1 fully saturated rings. The molecule has 2 aliphatic rings. The Morgan fingerprint density at radius 3 is 2.44 bits per heavy atom. The number of piperidine rings is 1. The van der Waals surface area contributed by atoms with Gasteiger partial charge in [-0.3, -0.25) is 9.80 Å². The Morgan fingerprint density at radius 1 is 1.06 bits per heavy atom. The van der Waals surface area contributed by atoms with Crippen LogP contribution in [-0.4, -0.2) is 30.6 Å². The highest BCUT2D eigenvalue weighted by Gasteiger charge is 2.46. The zero-order valence-corrected chi connectivity index (χ0v) is 20.0. The summed E-state index contributed by atoms with van der Waals surface area (Å²) in [5, 5.41) is 12.7. The molecule has 0 atom stereocenters. The summed E-state index contributed by atoms with van der Waals surface area (Å²) >= 11 is 5.99. The number of amides is 2. The van der Waals surface area contributed by atoms with E-state index in [1.807, 2.05) is 41.3 Å². The van der Waals surface area contributed by atoms with Gasteiger partial charge in [-0.05, 0) is 86.4 Å². The lowest BCUT2D eigenvalue weighted by atomic mass is 9.74. The standard InChI is InChI=1S/C28H27ClN4O/c1-20-2-11-26-25(16-20)28(19-33(26)27(34)31-24-9-7-23(29)8-10-24)12-14-32(15-13-28)18-22-5-3-21(17-30)4-6-22/h2-11,16H,12-15,18-19H2,1H3,(H,31,34). The van der Waals surface area contributed by atoms with E-state index in [1.165, 1.54) is 16.7 Å². The second-order valence-electron chi connectivity index (χ2n) is 9.41. The summed E-state index contributed by atoms with van der Waals surface area (Å²) in [7, 11) is 0. The van der Waals surface area contributed by atoms with E-state index in [9.17, 15) is 4.79 Å². The lowest BCUT2D eigenvalue weighted by Crippen LogP contribution is -2.46. The van der Waals surface area contributed by atoms with E-state index in [-0.39, 0.29) is 11.4 Å². The Kier molecular flexibility index (Phi) is 6.03. The second-order valence-corrected chi connectivity index (χ2v) is 9.85. The number of nitrogens with zero attached hydrogens (tertiary/aromatic N) is 3. The third-order valence-corrected chi connectivity index (χ3v) is 7.37. The highest BCUT2D eigenvalue weighted by Crippen LogP contribution is 2.47. The van der Waals surface area contributed by atoms with Gasteiger partial charge in [-0.2, -0.15) is 5.26 Å². The monoisotopic (exact) mass is 470 g/mol. The van der Waals surface area contributed by atoms with Crippen LogP contribution >= 0.6 is 11.6 Å². The molecule has 0 bridgehead atoms. The lowest BCUT2D eigenvalue weighted by Gasteiger charge is -2.40. The zero-order chi connectivity index (χ0) is 23.7. The van der Waals surface area contributed by atoms with Crippen molar-refractivity contribution in [3.63, 3.8) is 0 Å². The Balaban J connectivity index is 1.32. The highest BCUT2D eigenvalue weighted by molar-refractivity contribution is 6.30. The smallest absolute Gasteiger partial charge is 0.308 e. The van der Waals surface area contributed by atoms with Crippen molar-refractivity contribution in [3.05, 3.63) is 94.0 Å². The Labute approximate surface area is 205 Å². The molecular weight excluding hydrogens is 444 g/mol. The predicted molar refractivity (Wildman–Crippen MR) is 136 cm³/mol. The van der Waals surface area contributed by atoms with Crippen LogP contribution in [0.3, 0.4) is 0 Å². The number of hydrogen-bond donors (Lipinski definition) is 1. The van der Waals surface area contributed by atoms with E-state index in [4.69, 9.17) is 16.9 Å². The van der Waals surface area contributed by atoms with Crippen molar-refractivity contribution >= 4 is 29.0 Å². The molecule has 5 nitrogen and oxygen atoms in total. The molecule has 0 unspecified atom stereocenters. The first-order valence-corrected chi connectivity index (χ1v) is 12.0. The topological polar surface area (TPSA) is 59.4 Å². The number of aryl methyl sites for hydroxylation is 1. The lowest BCUT2D eigenvalue weighted by molar-refractivity contribution is 0.160. The van der Waals surface area contributed by atoms with Gasteiger partial charge in [0, 0.05) is 34.9 Å². The van der Waals surface area contributed by atoms with Crippen LogP contribution in [0.25, 0.3) is 0 Å². The average molecular weight is 471 g/mol. The van der Waals surface area contributed by atoms with Gasteiger partial charge in [0.15, 0.2) is 0 Å². The summed E-state index contributed by atoms with van der Waals surface area (Å²) in [5.74, 6) is 0. The summed E-state index contributed by atoms with van der Waals surface area (Å²) in [6, 6.07) is 23.6. The fourth-order valence-electron chi connectivity index (χ4n) is 5.20. The minimum Gasteiger partial charge on any atom is -0.308 e. The number of carbonyl (C=O) groups is 1. The van der Waals surface area contributed by atoms with Gasteiger partial charge in [-0.1, -0.05) is 41.4 Å². The Hall–Kier alpha value is -3.33. The molecule has 1 saturated heterocycles. The van der Waals surface area contributed by atoms with Crippen LogP contribution in [0.4, 0.5) is 16.2 Å². The van der Waals surface area contributed by atoms with E-state index >= 15 is 0 Å². The number of benzene rings is 3. The number of anilines is 2. The molecule has 0 aromatic heterocycles. The normalized spacial score (nSPS) is 16.8. The maximum Gasteiger partial charge on any atom is 0.326 e. The number of fused-ring (bicyclic) bond motifs is 2. The second kappa shape index (κ2) is 9.13. The molecule has 3 aromatic carbocycles. The summed E-state index contributed by atoms with van der Waals surface area (Å²) in [6.07, 6.45) is 2.01. The van der Waals surface area contributed by atoms with E-state index in [0.717, 1.165) is 43.9 Å². The predicted octanol–water partition coefficient (Wildman–Crippen LogP) is 6.11. The molecular formula is C28H27ClN4O. The molecule has 1 N–H and O–H groups in total. The molecule has 34 heavy (non-hydrogen) atoms. The van der Waals surface area contributed by atoms with Crippen LogP contribution in [0.15, 0.2) is 66.7 Å². The van der Waals surface area contributed by atoms with Crippen molar-refractivity contribution in [3.8, 4) is 6.07 Å². The largest absolute Gasteiger partial charge is 0.326 e. The number of carbonyl (C=O) groups excluding carboxylic acids is 1. The van der Waals surface area contributed by atoms with Crippen LogP contribution in [0.1, 0.15) is 35.1 Å². The van der Waals surface area contributed by atoms with E-state index < -0.39 is 0 Å². The molecule has 2 heterocycles.